The number of halogens is 2. The van der Waals surface area contributed by atoms with Crippen molar-refractivity contribution >= 4 is 11.9 Å². The minimum atomic E-state index is -0.669. The molecule has 2 fully saturated rings. The summed E-state index contributed by atoms with van der Waals surface area (Å²) in [6, 6.07) is 8.91. The normalized spacial score (nSPS) is 20.0. The lowest BCUT2D eigenvalue weighted by molar-refractivity contribution is 0.0589. The summed E-state index contributed by atoms with van der Waals surface area (Å²) in [6.45, 7) is 5.80. The Morgan fingerprint density at radius 2 is 1.78 bits per heavy atom. The van der Waals surface area contributed by atoms with Crippen LogP contribution in [-0.2, 0) is 0 Å². The van der Waals surface area contributed by atoms with Gasteiger partial charge in [-0.25, -0.2) is 18.7 Å². The second kappa shape index (κ2) is 7.93. The number of aromatic nitrogens is 3. The van der Waals surface area contributed by atoms with E-state index in [1.807, 2.05) is 19.9 Å². The van der Waals surface area contributed by atoms with Gasteiger partial charge in [-0.1, -0.05) is 6.07 Å². The largest absolute Gasteiger partial charge is 0.337 e. The van der Waals surface area contributed by atoms with Crippen LogP contribution in [0.25, 0.3) is 11.3 Å². The molecular weight excluding hydrogens is 412 g/mol. The number of aryl methyl sites for hydroxylation is 2. The Bertz CT molecular complexity index is 1180. The van der Waals surface area contributed by atoms with Crippen LogP contribution in [0.2, 0.25) is 0 Å². The smallest absolute Gasteiger partial charge is 0.254 e. The van der Waals surface area contributed by atoms with Gasteiger partial charge in [0.2, 0.25) is 5.95 Å². The Labute approximate surface area is 184 Å². The predicted molar refractivity (Wildman–Crippen MR) is 116 cm³/mol. The van der Waals surface area contributed by atoms with Crippen molar-refractivity contribution in [2.45, 2.75) is 26.3 Å². The highest BCUT2D eigenvalue weighted by Gasteiger charge is 2.45. The van der Waals surface area contributed by atoms with Gasteiger partial charge in [0.15, 0.2) is 0 Å². The minimum Gasteiger partial charge on any atom is -0.337 e. The number of hydrogen-bond donors (Lipinski definition) is 0. The maximum Gasteiger partial charge on any atom is 0.254 e. The molecule has 32 heavy (non-hydrogen) atoms. The van der Waals surface area contributed by atoms with E-state index >= 15 is 0 Å². The number of fused-ring (bicyclic) bond motifs is 1. The average molecular weight is 435 g/mol. The van der Waals surface area contributed by atoms with Gasteiger partial charge in [-0.2, -0.15) is 0 Å². The second-order valence-corrected chi connectivity index (χ2v) is 8.47. The van der Waals surface area contributed by atoms with Crippen molar-refractivity contribution in [3.63, 3.8) is 0 Å². The molecule has 2 unspecified atom stereocenters. The van der Waals surface area contributed by atoms with Gasteiger partial charge in [0.1, 0.15) is 17.3 Å². The van der Waals surface area contributed by atoms with E-state index in [2.05, 4.69) is 19.9 Å². The molecule has 8 heteroatoms. The van der Waals surface area contributed by atoms with Gasteiger partial charge in [0, 0.05) is 43.1 Å². The molecule has 0 saturated carbocycles. The molecule has 1 amide bonds. The number of rotatable bonds is 3. The van der Waals surface area contributed by atoms with Gasteiger partial charge < -0.3 is 9.80 Å². The van der Waals surface area contributed by atoms with E-state index in [9.17, 15) is 13.6 Å². The van der Waals surface area contributed by atoms with Crippen molar-refractivity contribution in [1.82, 2.24) is 19.9 Å². The number of nitrogens with zero attached hydrogens (tertiary/aromatic N) is 5. The summed E-state index contributed by atoms with van der Waals surface area (Å²) in [7, 11) is 0. The third-order valence-electron chi connectivity index (χ3n) is 6.31. The van der Waals surface area contributed by atoms with E-state index in [0.29, 0.717) is 25.0 Å². The van der Waals surface area contributed by atoms with E-state index in [-0.39, 0.29) is 28.8 Å². The fourth-order valence-corrected chi connectivity index (χ4v) is 4.73. The molecule has 164 valence electrons. The van der Waals surface area contributed by atoms with Gasteiger partial charge in [-0.05, 0) is 50.6 Å². The molecular formula is C24H23F2N5O. The number of benzene rings is 1. The molecule has 2 aromatic heterocycles. The zero-order valence-corrected chi connectivity index (χ0v) is 17.9. The first-order chi connectivity index (χ1) is 15.4. The maximum atomic E-state index is 14.8. The van der Waals surface area contributed by atoms with Gasteiger partial charge in [-0.3, -0.25) is 9.78 Å². The number of likely N-dealkylation sites (tertiary alicyclic amines) is 1. The molecule has 3 aromatic rings. The van der Waals surface area contributed by atoms with Crippen LogP contribution in [0, 0.1) is 31.4 Å². The summed E-state index contributed by atoms with van der Waals surface area (Å²) in [5.74, 6) is -0.514. The van der Waals surface area contributed by atoms with Gasteiger partial charge >= 0.3 is 0 Å². The predicted octanol–water partition coefficient (Wildman–Crippen LogP) is 3.78. The molecule has 0 spiro atoms. The third-order valence-corrected chi connectivity index (χ3v) is 6.31. The summed E-state index contributed by atoms with van der Waals surface area (Å²) in [5, 5.41) is 0. The van der Waals surface area contributed by atoms with Crippen LogP contribution >= 0.6 is 0 Å². The summed E-state index contributed by atoms with van der Waals surface area (Å²) >= 11 is 0. The number of hydrogen-bond acceptors (Lipinski definition) is 5. The van der Waals surface area contributed by atoms with Crippen molar-refractivity contribution in [2.24, 2.45) is 5.92 Å². The fraction of sp³-hybridized carbons (Fsp3) is 0.333. The van der Waals surface area contributed by atoms with E-state index in [0.717, 1.165) is 24.4 Å². The van der Waals surface area contributed by atoms with Crippen LogP contribution < -0.4 is 4.90 Å². The third kappa shape index (κ3) is 3.49. The molecule has 2 atom stereocenters. The average Bonchev–Trinajstić information content (AvgIpc) is 2.74. The van der Waals surface area contributed by atoms with Gasteiger partial charge in [-0.15, -0.1) is 0 Å². The summed E-state index contributed by atoms with van der Waals surface area (Å²) in [5.41, 5.74) is 1.68. The molecule has 0 bridgehead atoms. The molecule has 6 nitrogen and oxygen atoms in total. The van der Waals surface area contributed by atoms with Crippen molar-refractivity contribution in [3.05, 3.63) is 71.2 Å². The first-order valence-corrected chi connectivity index (χ1v) is 10.7. The summed E-state index contributed by atoms with van der Waals surface area (Å²) in [6.07, 6.45) is 2.24. The minimum absolute atomic E-state index is 0.0965. The van der Waals surface area contributed by atoms with Crippen molar-refractivity contribution in [2.75, 3.05) is 24.5 Å². The molecule has 0 radical (unpaired) electrons. The molecule has 5 rings (SSSR count). The Morgan fingerprint density at radius 3 is 2.53 bits per heavy atom. The zero-order chi connectivity index (χ0) is 22.4. The van der Waals surface area contributed by atoms with Crippen molar-refractivity contribution < 1.29 is 13.6 Å². The van der Waals surface area contributed by atoms with Crippen molar-refractivity contribution in [3.8, 4) is 11.3 Å². The molecule has 2 aliphatic heterocycles. The van der Waals surface area contributed by atoms with E-state index < -0.39 is 11.6 Å². The Balaban J connectivity index is 1.43. The number of carbonyl (C=O) groups excluding carboxylic acids is 1. The molecule has 1 aromatic carbocycles. The SMILES string of the molecule is Cc1cc(C)nc(N2CC3CCN(C(=O)c4cccc(F)c4-c4ncccc4F)CC32)n1. The number of amides is 1. The molecule has 2 saturated heterocycles. The topological polar surface area (TPSA) is 62.2 Å². The Kier molecular flexibility index (Phi) is 5.07. The monoisotopic (exact) mass is 435 g/mol. The quantitative estimate of drug-likeness (QED) is 0.627. The highest BCUT2D eigenvalue weighted by molar-refractivity contribution is 6.00. The Morgan fingerprint density at radius 1 is 1.03 bits per heavy atom. The van der Waals surface area contributed by atoms with Crippen LogP contribution in [0.15, 0.2) is 42.6 Å². The lowest BCUT2D eigenvalue weighted by Gasteiger charge is -2.53. The zero-order valence-electron chi connectivity index (χ0n) is 17.9. The molecule has 2 aliphatic rings. The van der Waals surface area contributed by atoms with Crippen LogP contribution in [0.3, 0.4) is 0 Å². The first-order valence-electron chi connectivity index (χ1n) is 10.7. The number of carbonyl (C=O) groups is 1. The van der Waals surface area contributed by atoms with Crippen molar-refractivity contribution in [1.29, 1.82) is 0 Å². The van der Waals surface area contributed by atoms with Crippen LogP contribution in [0.4, 0.5) is 14.7 Å². The second-order valence-electron chi connectivity index (χ2n) is 8.47. The van der Waals surface area contributed by atoms with E-state index in [1.165, 1.54) is 36.5 Å². The molecule has 4 heterocycles. The lowest BCUT2D eigenvalue weighted by atomic mass is 9.82. The summed E-state index contributed by atoms with van der Waals surface area (Å²) in [4.78, 5) is 30.4. The highest BCUT2D eigenvalue weighted by Crippen LogP contribution is 2.36. The number of piperidine rings is 1. The number of pyridine rings is 1. The molecule has 0 aliphatic carbocycles. The van der Waals surface area contributed by atoms with Gasteiger partial charge in [0.05, 0.1) is 17.2 Å². The van der Waals surface area contributed by atoms with E-state index in [1.54, 1.807) is 4.90 Å². The standard InChI is InChI=1S/C24H23F2N5O/c1-14-11-15(2)29-24(28-14)31-12-16-8-10-30(13-20(16)31)23(32)17-5-3-6-18(25)21(17)22-19(26)7-4-9-27-22/h3-7,9,11,16,20H,8,10,12-13H2,1-2H3. The van der Waals surface area contributed by atoms with E-state index in [4.69, 9.17) is 0 Å². The maximum absolute atomic E-state index is 14.8. The number of anilines is 1. The first kappa shape index (κ1) is 20.5. The highest BCUT2D eigenvalue weighted by atomic mass is 19.1. The summed E-state index contributed by atoms with van der Waals surface area (Å²) < 4.78 is 29.1. The van der Waals surface area contributed by atoms with Crippen LogP contribution in [-0.4, -0.2) is 51.4 Å². The van der Waals surface area contributed by atoms with Gasteiger partial charge in [0.25, 0.3) is 5.91 Å². The lowest BCUT2D eigenvalue weighted by Crippen LogP contribution is -2.65. The fourth-order valence-electron chi connectivity index (χ4n) is 4.73. The molecule has 0 N–H and O–H groups in total. The van der Waals surface area contributed by atoms with Crippen LogP contribution in [0.5, 0.6) is 0 Å². The Hall–Kier alpha value is -3.42. The van der Waals surface area contributed by atoms with Crippen LogP contribution in [0.1, 0.15) is 28.2 Å².